The number of aromatic nitrogens is 2. The Hall–Kier alpha value is -1.55. The molecular formula is C8H6ClN3O. The molecular weight excluding hydrogens is 190 g/mol. The van der Waals surface area contributed by atoms with E-state index < -0.39 is 0 Å². The zero-order chi connectivity index (χ0) is 9.42. The number of fused-ring (bicyclic) bond motifs is 1. The number of nitrogen functional groups attached to an aromatic ring is 1. The minimum absolute atomic E-state index is 0.163. The van der Waals surface area contributed by atoms with Crippen LogP contribution in [-0.2, 0) is 0 Å². The zero-order valence-electron chi connectivity index (χ0n) is 6.54. The molecule has 2 aromatic heterocycles. The van der Waals surface area contributed by atoms with Gasteiger partial charge in [-0.25, -0.2) is 4.98 Å². The molecule has 4 nitrogen and oxygen atoms in total. The number of halogens is 1. The van der Waals surface area contributed by atoms with Crippen LogP contribution in [0.5, 0.6) is 0 Å². The summed E-state index contributed by atoms with van der Waals surface area (Å²) in [5.41, 5.74) is 5.83. The second kappa shape index (κ2) is 2.74. The number of aromatic amines is 1. The first-order valence-corrected chi connectivity index (χ1v) is 3.98. The van der Waals surface area contributed by atoms with Crippen LogP contribution in [0.25, 0.3) is 11.0 Å². The van der Waals surface area contributed by atoms with Gasteiger partial charge in [-0.2, -0.15) is 0 Å². The van der Waals surface area contributed by atoms with E-state index in [4.69, 9.17) is 17.3 Å². The normalized spacial score (nSPS) is 10.5. The van der Waals surface area contributed by atoms with Crippen molar-refractivity contribution < 1.29 is 0 Å². The maximum absolute atomic E-state index is 11.4. The summed E-state index contributed by atoms with van der Waals surface area (Å²) in [4.78, 5) is 18.2. The Morgan fingerprint density at radius 1 is 1.54 bits per heavy atom. The monoisotopic (exact) mass is 195 g/mol. The number of nitrogens with two attached hydrogens (primary N) is 1. The van der Waals surface area contributed by atoms with Gasteiger partial charge in [-0.1, -0.05) is 11.6 Å². The van der Waals surface area contributed by atoms with Crippen LogP contribution in [0.1, 0.15) is 0 Å². The summed E-state index contributed by atoms with van der Waals surface area (Å²) in [6.07, 6.45) is 2.89. The second-order valence-electron chi connectivity index (χ2n) is 2.62. The van der Waals surface area contributed by atoms with Gasteiger partial charge in [0.1, 0.15) is 5.65 Å². The van der Waals surface area contributed by atoms with Gasteiger partial charge in [0.25, 0.3) is 0 Å². The van der Waals surface area contributed by atoms with Gasteiger partial charge in [-0.3, -0.25) is 4.79 Å². The van der Waals surface area contributed by atoms with Crippen LogP contribution in [-0.4, -0.2) is 9.97 Å². The predicted octanol–water partition coefficient (Wildman–Crippen LogP) is 1.16. The van der Waals surface area contributed by atoms with Crippen LogP contribution < -0.4 is 11.2 Å². The molecule has 13 heavy (non-hydrogen) atoms. The molecule has 0 aliphatic rings. The van der Waals surface area contributed by atoms with Crippen LogP contribution in [0.2, 0.25) is 5.02 Å². The summed E-state index contributed by atoms with van der Waals surface area (Å²) in [5.74, 6) is 0. The molecule has 0 fully saturated rings. The van der Waals surface area contributed by atoms with Gasteiger partial charge >= 0.3 is 0 Å². The number of nitrogens with one attached hydrogen (secondary N) is 1. The van der Waals surface area contributed by atoms with E-state index in [0.717, 1.165) is 0 Å². The summed E-state index contributed by atoms with van der Waals surface area (Å²) < 4.78 is 0. The summed E-state index contributed by atoms with van der Waals surface area (Å²) in [7, 11) is 0. The van der Waals surface area contributed by atoms with Gasteiger partial charge in [0.05, 0.1) is 16.1 Å². The number of hydrogen-bond acceptors (Lipinski definition) is 3. The van der Waals surface area contributed by atoms with E-state index in [2.05, 4.69) is 9.97 Å². The Kier molecular flexibility index (Phi) is 1.70. The van der Waals surface area contributed by atoms with Crippen LogP contribution in [0, 0.1) is 0 Å². The fourth-order valence-electron chi connectivity index (χ4n) is 1.09. The molecule has 0 saturated heterocycles. The van der Waals surface area contributed by atoms with Crippen molar-refractivity contribution in [2.75, 3.05) is 5.73 Å². The van der Waals surface area contributed by atoms with E-state index in [1.54, 1.807) is 6.07 Å². The van der Waals surface area contributed by atoms with E-state index in [9.17, 15) is 4.79 Å². The highest BCUT2D eigenvalue weighted by atomic mass is 35.5. The highest BCUT2D eigenvalue weighted by Gasteiger charge is 2.02. The zero-order valence-corrected chi connectivity index (χ0v) is 7.30. The van der Waals surface area contributed by atoms with Gasteiger partial charge in [0, 0.05) is 12.4 Å². The third-order valence-corrected chi connectivity index (χ3v) is 1.93. The number of rotatable bonds is 0. The molecule has 5 heteroatoms. The third kappa shape index (κ3) is 1.25. The van der Waals surface area contributed by atoms with Crippen molar-refractivity contribution in [2.24, 2.45) is 0 Å². The van der Waals surface area contributed by atoms with E-state index in [1.807, 2.05) is 0 Å². The van der Waals surface area contributed by atoms with Crippen molar-refractivity contribution in [3.05, 3.63) is 33.7 Å². The van der Waals surface area contributed by atoms with Crippen LogP contribution in [0.3, 0.4) is 0 Å². The van der Waals surface area contributed by atoms with Gasteiger partial charge in [-0.15, -0.1) is 0 Å². The Balaban J connectivity index is 2.97. The largest absolute Gasteiger partial charge is 0.394 e. The second-order valence-corrected chi connectivity index (χ2v) is 3.06. The fourth-order valence-corrected chi connectivity index (χ4v) is 1.25. The highest BCUT2D eigenvalue weighted by molar-refractivity contribution is 6.31. The molecule has 2 aromatic rings. The molecule has 0 atom stereocenters. The van der Waals surface area contributed by atoms with Crippen LogP contribution >= 0.6 is 11.6 Å². The van der Waals surface area contributed by atoms with Gasteiger partial charge in [0.15, 0.2) is 0 Å². The van der Waals surface area contributed by atoms with Crippen LogP contribution in [0.15, 0.2) is 23.3 Å². The summed E-state index contributed by atoms with van der Waals surface area (Å²) in [6, 6.07) is 1.54. The average molecular weight is 196 g/mol. The molecule has 0 aromatic carbocycles. The van der Waals surface area contributed by atoms with Crippen molar-refractivity contribution in [3.8, 4) is 0 Å². The average Bonchev–Trinajstić information content (AvgIpc) is 2.12. The van der Waals surface area contributed by atoms with Gasteiger partial charge < -0.3 is 10.7 Å². The van der Waals surface area contributed by atoms with Crippen molar-refractivity contribution in [1.29, 1.82) is 0 Å². The molecule has 0 bridgehead atoms. The lowest BCUT2D eigenvalue weighted by Crippen LogP contribution is -2.09. The minimum Gasteiger partial charge on any atom is -0.394 e. The first kappa shape index (κ1) is 8.07. The Morgan fingerprint density at radius 2 is 2.31 bits per heavy atom. The lowest BCUT2D eigenvalue weighted by atomic mass is 10.2. The van der Waals surface area contributed by atoms with E-state index in [1.165, 1.54) is 12.4 Å². The SMILES string of the molecule is Nc1c[nH]c2ncc(Cl)cc2c1=O. The van der Waals surface area contributed by atoms with Gasteiger partial charge in [-0.05, 0) is 6.07 Å². The molecule has 0 radical (unpaired) electrons. The Labute approximate surface area is 78.4 Å². The molecule has 0 saturated carbocycles. The van der Waals surface area contributed by atoms with Crippen LogP contribution in [0.4, 0.5) is 5.69 Å². The smallest absolute Gasteiger partial charge is 0.213 e. The predicted molar refractivity (Wildman–Crippen MR) is 51.8 cm³/mol. The Bertz CT molecular complexity index is 515. The maximum atomic E-state index is 11.4. The van der Waals surface area contributed by atoms with E-state index in [-0.39, 0.29) is 11.1 Å². The number of hydrogen-bond donors (Lipinski definition) is 2. The number of H-pyrrole nitrogens is 1. The standard InChI is InChI=1S/C8H6ClN3O/c9-4-1-5-7(13)6(10)3-12-8(5)11-2-4/h1-3H,10H2,(H,11,12,13). The fraction of sp³-hybridized carbons (Fsp3) is 0. The molecule has 66 valence electrons. The van der Waals surface area contributed by atoms with E-state index in [0.29, 0.717) is 16.1 Å². The molecule has 0 unspecified atom stereocenters. The quantitative estimate of drug-likeness (QED) is 0.663. The highest BCUT2D eigenvalue weighted by Crippen LogP contribution is 2.12. The molecule has 3 N–H and O–H groups in total. The summed E-state index contributed by atoms with van der Waals surface area (Å²) >= 11 is 5.69. The summed E-state index contributed by atoms with van der Waals surface area (Å²) in [6.45, 7) is 0. The Morgan fingerprint density at radius 3 is 3.08 bits per heavy atom. The lowest BCUT2D eigenvalue weighted by Gasteiger charge is -1.97. The molecule has 0 spiro atoms. The number of nitrogens with zero attached hydrogens (tertiary/aromatic N) is 1. The minimum atomic E-state index is -0.247. The molecule has 2 rings (SSSR count). The molecule has 2 heterocycles. The van der Waals surface area contributed by atoms with Gasteiger partial charge in [0.2, 0.25) is 5.43 Å². The maximum Gasteiger partial charge on any atom is 0.213 e. The lowest BCUT2D eigenvalue weighted by molar-refractivity contribution is 1.28. The molecule has 0 aliphatic carbocycles. The first-order chi connectivity index (χ1) is 6.18. The first-order valence-electron chi connectivity index (χ1n) is 3.61. The van der Waals surface area contributed by atoms with Crippen molar-refractivity contribution in [3.63, 3.8) is 0 Å². The summed E-state index contributed by atoms with van der Waals surface area (Å²) in [5, 5.41) is 0.830. The van der Waals surface area contributed by atoms with E-state index >= 15 is 0 Å². The molecule has 0 aliphatic heterocycles. The van der Waals surface area contributed by atoms with Crippen molar-refractivity contribution >= 4 is 28.3 Å². The topological polar surface area (TPSA) is 71.8 Å². The molecule has 0 amide bonds. The number of anilines is 1. The van der Waals surface area contributed by atoms with Crippen molar-refractivity contribution in [2.45, 2.75) is 0 Å². The number of pyridine rings is 2. The van der Waals surface area contributed by atoms with Crippen molar-refractivity contribution in [1.82, 2.24) is 9.97 Å². The third-order valence-electron chi connectivity index (χ3n) is 1.73.